The predicted molar refractivity (Wildman–Crippen MR) is 97.2 cm³/mol. The van der Waals surface area contributed by atoms with E-state index in [1.165, 1.54) is 0 Å². The number of rotatable bonds is 3. The van der Waals surface area contributed by atoms with Crippen molar-refractivity contribution in [3.8, 4) is 11.5 Å². The zero-order chi connectivity index (χ0) is 17.2. The van der Waals surface area contributed by atoms with Crippen LogP contribution in [0.3, 0.4) is 0 Å². The van der Waals surface area contributed by atoms with Crippen molar-refractivity contribution in [3.05, 3.63) is 71.8 Å². The van der Waals surface area contributed by atoms with Crippen LogP contribution >= 0.6 is 0 Å². The average Bonchev–Trinajstić information content (AvgIpc) is 2.67. The lowest BCUT2D eigenvalue weighted by Gasteiger charge is -2.21. The number of amides is 1. The Balaban J connectivity index is 1.58. The first-order valence-corrected chi connectivity index (χ1v) is 8.34. The number of hydrogen-bond acceptors (Lipinski definition) is 3. The summed E-state index contributed by atoms with van der Waals surface area (Å²) in [4.78, 5) is 14.7. The summed E-state index contributed by atoms with van der Waals surface area (Å²) < 4.78 is 11.2. The maximum Gasteiger partial charge on any atom is 0.254 e. The lowest BCUT2D eigenvalue weighted by molar-refractivity contribution is 0.0786. The van der Waals surface area contributed by atoms with Crippen LogP contribution < -0.4 is 9.47 Å². The van der Waals surface area contributed by atoms with Gasteiger partial charge in [-0.2, -0.15) is 0 Å². The molecule has 0 fully saturated rings. The number of carbonyl (C=O) groups is 1. The third-order valence-corrected chi connectivity index (χ3v) is 4.39. The molecule has 0 spiro atoms. The van der Waals surface area contributed by atoms with Gasteiger partial charge in [0.25, 0.3) is 5.91 Å². The van der Waals surface area contributed by atoms with Crippen LogP contribution in [0.1, 0.15) is 15.9 Å². The Hall–Kier alpha value is -3.01. The molecule has 3 aromatic rings. The van der Waals surface area contributed by atoms with E-state index < -0.39 is 0 Å². The molecule has 3 aromatic carbocycles. The molecule has 0 bridgehead atoms. The van der Waals surface area contributed by atoms with Gasteiger partial charge in [0.2, 0.25) is 0 Å². The Kier molecular flexibility index (Phi) is 4.02. The zero-order valence-corrected chi connectivity index (χ0v) is 14.1. The highest BCUT2D eigenvalue weighted by molar-refractivity contribution is 6.06. The molecular weight excluding hydrogens is 314 g/mol. The molecule has 4 rings (SSSR count). The molecule has 0 unspecified atom stereocenters. The predicted octanol–water partition coefficient (Wildman–Crippen LogP) is 3.88. The molecule has 1 aliphatic heterocycles. The van der Waals surface area contributed by atoms with Crippen LogP contribution in [0.2, 0.25) is 0 Å². The molecule has 0 N–H and O–H groups in total. The fourth-order valence-corrected chi connectivity index (χ4v) is 3.15. The van der Waals surface area contributed by atoms with Crippen LogP contribution in [0, 0.1) is 0 Å². The first kappa shape index (κ1) is 15.5. The van der Waals surface area contributed by atoms with Crippen molar-refractivity contribution in [2.45, 2.75) is 6.54 Å². The fraction of sp³-hybridized carbons (Fsp3) is 0.190. The number of hydrogen-bond donors (Lipinski definition) is 0. The van der Waals surface area contributed by atoms with Gasteiger partial charge in [-0.3, -0.25) is 4.79 Å². The second-order valence-electron chi connectivity index (χ2n) is 6.17. The van der Waals surface area contributed by atoms with Crippen molar-refractivity contribution in [2.24, 2.45) is 0 Å². The van der Waals surface area contributed by atoms with Gasteiger partial charge in [-0.05, 0) is 34.5 Å². The monoisotopic (exact) mass is 333 g/mol. The van der Waals surface area contributed by atoms with E-state index in [0.717, 1.165) is 33.4 Å². The topological polar surface area (TPSA) is 38.8 Å². The van der Waals surface area contributed by atoms with Crippen molar-refractivity contribution < 1.29 is 14.3 Å². The van der Waals surface area contributed by atoms with Crippen molar-refractivity contribution in [3.63, 3.8) is 0 Å². The van der Waals surface area contributed by atoms with Gasteiger partial charge in [0.05, 0.1) is 0 Å². The van der Waals surface area contributed by atoms with E-state index in [9.17, 15) is 4.79 Å². The molecule has 4 nitrogen and oxygen atoms in total. The summed E-state index contributed by atoms with van der Waals surface area (Å²) >= 11 is 0. The van der Waals surface area contributed by atoms with Crippen molar-refractivity contribution >= 4 is 16.7 Å². The van der Waals surface area contributed by atoms with Gasteiger partial charge in [-0.15, -0.1) is 0 Å². The smallest absolute Gasteiger partial charge is 0.254 e. The summed E-state index contributed by atoms with van der Waals surface area (Å²) in [6.07, 6.45) is 0. The zero-order valence-electron chi connectivity index (χ0n) is 14.1. The number of nitrogens with zero attached hydrogens (tertiary/aromatic N) is 1. The van der Waals surface area contributed by atoms with Crippen molar-refractivity contribution in [1.29, 1.82) is 0 Å². The lowest BCUT2D eigenvalue weighted by atomic mass is 10.0. The lowest BCUT2D eigenvalue weighted by Crippen LogP contribution is -2.26. The Morgan fingerprint density at radius 2 is 1.72 bits per heavy atom. The summed E-state index contributed by atoms with van der Waals surface area (Å²) in [5.41, 5.74) is 1.73. The standard InChI is InChI=1S/C21H19NO3/c1-22(14-15-9-10-19-20(13-15)25-12-11-24-19)21(23)18-8-4-6-16-5-2-3-7-17(16)18/h2-10,13H,11-12,14H2,1H3. The number of carbonyl (C=O) groups excluding carboxylic acids is 1. The van der Waals surface area contributed by atoms with E-state index in [1.54, 1.807) is 4.90 Å². The van der Waals surface area contributed by atoms with E-state index in [1.807, 2.05) is 67.7 Å². The molecule has 0 aromatic heterocycles. The molecular formula is C21H19NO3. The molecule has 4 heteroatoms. The van der Waals surface area contributed by atoms with Gasteiger partial charge < -0.3 is 14.4 Å². The largest absolute Gasteiger partial charge is 0.486 e. The highest BCUT2D eigenvalue weighted by atomic mass is 16.6. The first-order valence-electron chi connectivity index (χ1n) is 8.34. The molecule has 1 heterocycles. The van der Waals surface area contributed by atoms with Crippen molar-refractivity contribution in [2.75, 3.05) is 20.3 Å². The quantitative estimate of drug-likeness (QED) is 0.730. The minimum Gasteiger partial charge on any atom is -0.486 e. The SMILES string of the molecule is CN(Cc1ccc2c(c1)OCCO2)C(=O)c1cccc2ccccc12. The van der Waals surface area contributed by atoms with Gasteiger partial charge in [0.15, 0.2) is 11.5 Å². The third-order valence-electron chi connectivity index (χ3n) is 4.39. The highest BCUT2D eigenvalue weighted by Crippen LogP contribution is 2.31. The minimum atomic E-state index is 0.00619. The van der Waals surface area contributed by atoms with Gasteiger partial charge in [0.1, 0.15) is 13.2 Å². The molecule has 0 radical (unpaired) electrons. The molecule has 126 valence electrons. The maximum atomic E-state index is 12.9. The van der Waals surface area contributed by atoms with Gasteiger partial charge in [0, 0.05) is 19.2 Å². The average molecular weight is 333 g/mol. The highest BCUT2D eigenvalue weighted by Gasteiger charge is 2.17. The maximum absolute atomic E-state index is 12.9. The normalized spacial score (nSPS) is 12.8. The summed E-state index contributed by atoms with van der Waals surface area (Å²) in [6.45, 7) is 1.64. The summed E-state index contributed by atoms with van der Waals surface area (Å²) in [6, 6.07) is 19.6. The van der Waals surface area contributed by atoms with E-state index in [-0.39, 0.29) is 5.91 Å². The Labute approximate surface area is 146 Å². The Morgan fingerprint density at radius 3 is 2.60 bits per heavy atom. The van der Waals surface area contributed by atoms with Gasteiger partial charge in [-0.25, -0.2) is 0 Å². The molecule has 0 aliphatic carbocycles. The van der Waals surface area contributed by atoms with Gasteiger partial charge >= 0.3 is 0 Å². The summed E-state index contributed by atoms with van der Waals surface area (Å²) in [5, 5.41) is 2.05. The molecule has 0 saturated carbocycles. The number of benzene rings is 3. The van der Waals surface area contributed by atoms with E-state index in [0.29, 0.717) is 19.8 Å². The van der Waals surface area contributed by atoms with Crippen molar-refractivity contribution in [1.82, 2.24) is 4.90 Å². The molecule has 25 heavy (non-hydrogen) atoms. The van der Waals surface area contributed by atoms with Crippen LogP contribution in [0.25, 0.3) is 10.8 Å². The fourth-order valence-electron chi connectivity index (χ4n) is 3.15. The van der Waals surface area contributed by atoms with Crippen LogP contribution in [-0.4, -0.2) is 31.1 Å². The summed E-state index contributed by atoms with van der Waals surface area (Å²) in [5.74, 6) is 1.51. The van der Waals surface area contributed by atoms with Gasteiger partial charge in [-0.1, -0.05) is 42.5 Å². The first-order chi connectivity index (χ1) is 12.2. The number of fused-ring (bicyclic) bond motifs is 2. The summed E-state index contributed by atoms with van der Waals surface area (Å²) in [7, 11) is 1.82. The molecule has 0 saturated heterocycles. The minimum absolute atomic E-state index is 0.00619. The van der Waals surface area contributed by atoms with E-state index in [4.69, 9.17) is 9.47 Å². The molecule has 1 amide bonds. The number of ether oxygens (including phenoxy) is 2. The second kappa shape index (κ2) is 6.48. The van der Waals surface area contributed by atoms with Crippen LogP contribution in [0.5, 0.6) is 11.5 Å². The van der Waals surface area contributed by atoms with Crippen LogP contribution in [0.4, 0.5) is 0 Å². The Bertz CT molecular complexity index is 930. The van der Waals surface area contributed by atoms with E-state index in [2.05, 4.69) is 0 Å². The second-order valence-corrected chi connectivity index (χ2v) is 6.17. The molecule has 1 aliphatic rings. The third kappa shape index (κ3) is 3.03. The van der Waals surface area contributed by atoms with E-state index >= 15 is 0 Å². The Morgan fingerprint density at radius 1 is 0.960 bits per heavy atom. The van der Waals surface area contributed by atoms with Crippen LogP contribution in [-0.2, 0) is 6.54 Å². The molecule has 0 atom stereocenters. The van der Waals surface area contributed by atoms with Crippen LogP contribution in [0.15, 0.2) is 60.7 Å².